The van der Waals surface area contributed by atoms with Crippen molar-refractivity contribution in [2.75, 3.05) is 46.4 Å². The molecule has 10 amide bonds. The number of rotatable bonds is 5. The minimum absolute atomic E-state index is 0.00868. The molecule has 5 aromatic rings. The smallest absolute Gasteiger partial charge is 0.249 e. The number of aromatic nitrogens is 1. The summed E-state index contributed by atoms with van der Waals surface area (Å²) < 4.78 is 29.3. The van der Waals surface area contributed by atoms with Gasteiger partial charge in [-0.1, -0.05) is 79.9 Å². The molecule has 12 bridgehead atoms. The van der Waals surface area contributed by atoms with E-state index < -0.39 is 120 Å². The van der Waals surface area contributed by atoms with Crippen molar-refractivity contribution in [2.45, 2.75) is 190 Å². The van der Waals surface area contributed by atoms with Gasteiger partial charge in [-0.15, -0.1) is 0 Å². The first-order chi connectivity index (χ1) is 47.7. The van der Waals surface area contributed by atoms with Gasteiger partial charge in [-0.25, -0.2) is 4.39 Å². The molecule has 99 heavy (non-hydrogen) atoms. The molecule has 9 atom stereocenters. The molecule has 11 N–H and O–H groups in total. The molecule has 0 spiro atoms. The van der Waals surface area contributed by atoms with Crippen molar-refractivity contribution in [1.29, 1.82) is 0 Å². The maximum atomic E-state index is 16.0. The van der Waals surface area contributed by atoms with E-state index in [4.69, 9.17) is 9.47 Å². The fourth-order valence-corrected chi connectivity index (χ4v) is 14.1. The van der Waals surface area contributed by atoms with Crippen LogP contribution in [0, 0.1) is 5.82 Å². The number of aliphatic hydroxyl groups is 1. The van der Waals surface area contributed by atoms with E-state index in [1.54, 1.807) is 67.7 Å². The number of nitrogens with zero attached hydrogens (tertiary/aromatic N) is 4. The molecule has 0 saturated carbocycles. The Kier molecular flexibility index (Phi) is 24.5. The lowest BCUT2D eigenvalue weighted by Gasteiger charge is -2.37. The van der Waals surface area contributed by atoms with E-state index in [0.717, 1.165) is 24.0 Å². The van der Waals surface area contributed by atoms with Gasteiger partial charge >= 0.3 is 0 Å². The molecule has 1 aromatic heterocycles. The first-order valence-corrected chi connectivity index (χ1v) is 34.8. The second-order valence-corrected chi connectivity index (χ2v) is 27.0. The van der Waals surface area contributed by atoms with Crippen molar-refractivity contribution in [3.05, 3.63) is 136 Å². The highest BCUT2D eigenvalue weighted by Gasteiger charge is 2.49. The first-order valence-electron chi connectivity index (χ1n) is 34.8. The normalized spacial score (nSPS) is 25.8. The molecule has 0 aliphatic carbocycles. The summed E-state index contributed by atoms with van der Waals surface area (Å²) in [4.78, 5) is 152. The Bertz CT molecular complexity index is 3750. The van der Waals surface area contributed by atoms with Crippen LogP contribution in [-0.4, -0.2) is 184 Å². The highest BCUT2D eigenvalue weighted by molar-refractivity contribution is 5.99. The van der Waals surface area contributed by atoms with Crippen LogP contribution in [-0.2, 0) is 98.0 Å². The van der Waals surface area contributed by atoms with Crippen LogP contribution in [0.2, 0.25) is 0 Å². The number of nitrogens with one attached hydrogen (secondary N) is 7. The van der Waals surface area contributed by atoms with Gasteiger partial charge in [0.05, 0.1) is 19.3 Å². The van der Waals surface area contributed by atoms with Gasteiger partial charge in [-0.2, -0.15) is 0 Å². The van der Waals surface area contributed by atoms with Crippen LogP contribution in [0.3, 0.4) is 0 Å². The van der Waals surface area contributed by atoms with E-state index in [9.17, 15) is 29.1 Å². The quantitative estimate of drug-likeness (QED) is 0.122. The average Bonchev–Trinajstić information content (AvgIpc) is 1.69. The Labute approximate surface area is 575 Å². The van der Waals surface area contributed by atoms with E-state index >= 15 is 28.4 Å². The van der Waals surface area contributed by atoms with Gasteiger partial charge in [0.2, 0.25) is 59.1 Å². The number of aryl methyl sites for hydroxylation is 1. The summed E-state index contributed by atoms with van der Waals surface area (Å²) in [5.74, 6) is -6.55. The Balaban J connectivity index is 1.07. The second kappa shape index (κ2) is 33.5. The summed E-state index contributed by atoms with van der Waals surface area (Å²) in [6.07, 6.45) is 4.14. The highest BCUT2D eigenvalue weighted by atomic mass is 19.1. The van der Waals surface area contributed by atoms with Crippen LogP contribution in [0.5, 0.6) is 5.75 Å². The second-order valence-electron chi connectivity index (χ2n) is 27.0. The zero-order chi connectivity index (χ0) is 70.3. The number of carbonyl (C=O) groups is 10. The lowest BCUT2D eigenvalue weighted by Crippen LogP contribution is -2.66. The molecule has 26 heteroatoms. The number of hydrogen-bond acceptors (Lipinski definition) is 13. The number of fused-ring (bicyclic) bond motifs is 16. The fourth-order valence-electron chi connectivity index (χ4n) is 14.1. The van der Waals surface area contributed by atoms with Gasteiger partial charge in [0, 0.05) is 95.0 Å². The van der Waals surface area contributed by atoms with Gasteiger partial charge in [0.1, 0.15) is 60.5 Å². The predicted molar refractivity (Wildman–Crippen MR) is 363 cm³/mol. The molecule has 2 fully saturated rings. The van der Waals surface area contributed by atoms with Gasteiger partial charge in [-0.3, -0.25) is 47.9 Å². The van der Waals surface area contributed by atoms with E-state index in [1.165, 1.54) is 36.0 Å². The van der Waals surface area contributed by atoms with Gasteiger partial charge in [0.25, 0.3) is 0 Å². The molecule has 4 aromatic carbocycles. The Hall–Kier alpha value is -9.27. The van der Waals surface area contributed by atoms with Crippen molar-refractivity contribution in [3.8, 4) is 5.75 Å². The van der Waals surface area contributed by atoms with Crippen LogP contribution in [0.1, 0.15) is 124 Å². The molecule has 25 nitrogen and oxygen atoms in total. The standard InChI is InChI=1S/C73H93FN12O13/c1-45(87)64-68(93)81-56(36-47-21-24-53(98-3)25-22-47)71(96)86-33-12-29-73(86,2)72(97)76-30-27-46-17-19-48(20-18-46)42-84-32-10-5-4-9-31-83-43-51(54-39-52(74)23-26-59(54)83)38-57-70(95)85-34-28-60(65(85)69(94)82-64)99-44-62(89)77-41-50-14-11-13-49(35-50)37-55(66(91)80-57)79-67(92)58(40-75)78-61(88)15-7-6-8-16-63(84)90/h11,13-14,17-26,35,39,43,45,55-58,60,64-65,87H,4-10,12,15-16,27-34,36-38,40-42,44,75H2,1-3H3,(H,76,97)(H,77,89)(H,78,88)(H,79,92)(H,80,91)(H,81,93)(H,82,94)/p+1/t45-,55+,56+,57+,58-,60+,64+,65+,73+/m1/s1. The maximum Gasteiger partial charge on any atom is 0.249 e. The third-order valence-corrected chi connectivity index (χ3v) is 19.8. The minimum atomic E-state index is -1.81. The van der Waals surface area contributed by atoms with E-state index in [2.05, 4.69) is 43.0 Å². The number of ether oxygens (including phenoxy) is 2. The zero-order valence-electron chi connectivity index (χ0n) is 56.8. The molecule has 0 radical (unpaired) electrons. The Morgan fingerprint density at radius 2 is 1.39 bits per heavy atom. The van der Waals surface area contributed by atoms with Gasteiger partial charge in [-0.05, 0) is 129 Å². The van der Waals surface area contributed by atoms with Gasteiger partial charge < -0.3 is 76.8 Å². The molecule has 2 saturated heterocycles. The van der Waals surface area contributed by atoms with Crippen LogP contribution >= 0.6 is 0 Å². The third kappa shape index (κ3) is 18.3. The SMILES string of the molecule is COc1ccc(C[C@@H]2NC(=O)[C@H]([C@@H](C)O)NC(=O)[C@@H]3[C@@H]4CCN3C(=O)[C@@H]3Cc5cn(c6ccc(F)cc56)CCCCCCN(Cc5ccc(cc5)CCNC(=O)[C@]5(C)CCCN5C2=O)C(=O)CCCCCC(=O)N[C@H](C[NH3+])C(=O)N[C@@H](Cc2cccc(c2)CNC(=O)CO4)C(=O)N3)cc1. The van der Waals surface area contributed by atoms with Gasteiger partial charge in [0.15, 0.2) is 6.04 Å². The Morgan fingerprint density at radius 3 is 2.15 bits per heavy atom. The summed E-state index contributed by atoms with van der Waals surface area (Å²) >= 11 is 0. The fraction of sp³-hybridized carbons (Fsp3) is 0.507. The van der Waals surface area contributed by atoms with Crippen molar-refractivity contribution < 1.29 is 72.6 Å². The third-order valence-electron chi connectivity index (χ3n) is 19.8. The number of hydrogen-bond donors (Lipinski definition) is 9. The van der Waals surface area contributed by atoms with E-state index in [0.29, 0.717) is 110 Å². The average molecular weight is 1370 g/mol. The predicted octanol–water partition coefficient (Wildman–Crippen LogP) is 2.09. The molecular weight excluding hydrogens is 1270 g/mol. The number of aliphatic hydroxyl groups excluding tert-OH is 1. The summed E-state index contributed by atoms with van der Waals surface area (Å²) in [5, 5.41) is 31.9. The number of carbonyl (C=O) groups excluding carboxylic acids is 10. The summed E-state index contributed by atoms with van der Waals surface area (Å²) in [7, 11) is 1.50. The number of amides is 10. The number of benzene rings is 4. The van der Waals surface area contributed by atoms with Crippen LogP contribution in [0.25, 0.3) is 10.9 Å². The minimum Gasteiger partial charge on any atom is -0.497 e. The number of quaternary nitrogens is 1. The molecule has 6 aliphatic heterocycles. The summed E-state index contributed by atoms with van der Waals surface area (Å²) in [6.45, 7) is 3.71. The molecular formula is C73H94FN12O13+. The van der Waals surface area contributed by atoms with Crippen molar-refractivity contribution >= 4 is 70.0 Å². The highest BCUT2D eigenvalue weighted by Crippen LogP contribution is 2.32. The topological polar surface area (TPSA) is 336 Å². The zero-order valence-corrected chi connectivity index (χ0v) is 56.8. The van der Waals surface area contributed by atoms with Crippen molar-refractivity contribution in [1.82, 2.24) is 56.5 Å². The molecule has 0 unspecified atom stereocenters. The summed E-state index contributed by atoms with van der Waals surface area (Å²) in [6, 6.07) is 16.9. The number of halogens is 1. The van der Waals surface area contributed by atoms with Crippen LogP contribution < -0.4 is 47.7 Å². The first kappa shape index (κ1) is 72.5. The summed E-state index contributed by atoms with van der Waals surface area (Å²) in [5.41, 5.74) is 7.25. The van der Waals surface area contributed by atoms with Crippen molar-refractivity contribution in [2.24, 2.45) is 0 Å². The molecule has 530 valence electrons. The molecule has 11 rings (SSSR count). The molecule has 6 aliphatic rings. The Morgan fingerprint density at radius 1 is 0.667 bits per heavy atom. The monoisotopic (exact) mass is 1370 g/mol. The largest absolute Gasteiger partial charge is 0.497 e. The lowest BCUT2D eigenvalue weighted by atomic mass is 9.95. The van der Waals surface area contributed by atoms with Crippen LogP contribution in [0.15, 0.2) is 97.2 Å². The lowest BCUT2D eigenvalue weighted by molar-refractivity contribution is -0.370. The molecule has 7 heterocycles. The van der Waals surface area contributed by atoms with E-state index in [-0.39, 0.29) is 77.2 Å². The van der Waals surface area contributed by atoms with Crippen LogP contribution in [0.4, 0.5) is 4.39 Å². The number of methoxy groups -OCH3 is 1. The van der Waals surface area contributed by atoms with E-state index in [1.807, 2.05) is 33.7 Å². The maximum absolute atomic E-state index is 16.0. The van der Waals surface area contributed by atoms with Crippen molar-refractivity contribution in [3.63, 3.8) is 0 Å².